The maximum absolute atomic E-state index is 13.3. The third-order valence-corrected chi connectivity index (χ3v) is 7.58. The first kappa shape index (κ1) is 19.1. The molecule has 0 atom stereocenters. The summed E-state index contributed by atoms with van der Waals surface area (Å²) in [6.07, 6.45) is 0. The van der Waals surface area contributed by atoms with E-state index in [0.717, 1.165) is 11.3 Å². The number of carboxylic acids is 1. The van der Waals surface area contributed by atoms with Crippen molar-refractivity contribution in [1.29, 1.82) is 0 Å². The van der Waals surface area contributed by atoms with Crippen molar-refractivity contribution in [3.63, 3.8) is 0 Å². The van der Waals surface area contributed by atoms with E-state index in [1.807, 2.05) is 0 Å². The highest BCUT2D eigenvalue weighted by molar-refractivity contribution is 7.92. The zero-order valence-corrected chi connectivity index (χ0v) is 16.7. The molecule has 148 valence electrons. The molecule has 0 amide bonds. The number of rotatable bonds is 5. The van der Waals surface area contributed by atoms with E-state index in [4.69, 9.17) is 4.74 Å². The van der Waals surface area contributed by atoms with Gasteiger partial charge in [-0.2, -0.15) is 0 Å². The van der Waals surface area contributed by atoms with Crippen LogP contribution in [0, 0.1) is 4.91 Å². The van der Waals surface area contributed by atoms with Crippen LogP contribution < -0.4 is 14.2 Å². The number of hydrogen-bond donors (Lipinski definition) is 2. The predicted octanol–water partition coefficient (Wildman–Crippen LogP) is 2.31. The normalized spacial score (nSPS) is 12.8. The molecule has 0 radical (unpaired) electrons. The first-order valence-electron chi connectivity index (χ1n) is 8.40. The van der Waals surface area contributed by atoms with Crippen molar-refractivity contribution in [3.05, 3.63) is 63.9 Å². The number of carbonyl (C=O) groups is 1. The zero-order valence-electron chi connectivity index (χ0n) is 15.1. The van der Waals surface area contributed by atoms with Crippen LogP contribution in [0.25, 0.3) is 10.4 Å². The molecule has 0 aliphatic carbocycles. The molecule has 0 saturated carbocycles. The number of thiophene rings is 1. The molecule has 4 rings (SSSR count). The van der Waals surface area contributed by atoms with Gasteiger partial charge in [-0.25, -0.2) is 13.2 Å². The molecule has 1 aromatic heterocycles. The molecule has 3 aromatic rings. The van der Waals surface area contributed by atoms with Gasteiger partial charge in [0, 0.05) is 32.7 Å². The van der Waals surface area contributed by atoms with Crippen molar-refractivity contribution in [2.45, 2.75) is 11.4 Å². The van der Waals surface area contributed by atoms with E-state index in [1.54, 1.807) is 23.4 Å². The molecule has 8 nitrogen and oxygen atoms in total. The maximum atomic E-state index is 13.3. The van der Waals surface area contributed by atoms with Crippen LogP contribution in [-0.4, -0.2) is 26.6 Å². The first-order chi connectivity index (χ1) is 13.8. The topological polar surface area (TPSA) is 115 Å². The van der Waals surface area contributed by atoms with E-state index in [-0.39, 0.29) is 22.0 Å². The van der Waals surface area contributed by atoms with Crippen LogP contribution in [0.15, 0.2) is 53.4 Å². The summed E-state index contributed by atoms with van der Waals surface area (Å²) < 4.78 is 33.2. The number of fused-ring (bicyclic) bond motifs is 3. The summed E-state index contributed by atoms with van der Waals surface area (Å²) in [5.41, 5.74) is 1.88. The second-order valence-corrected chi connectivity index (χ2v) is 9.21. The Bertz CT molecular complexity index is 1230. The van der Waals surface area contributed by atoms with Gasteiger partial charge in [-0.05, 0) is 42.0 Å². The summed E-state index contributed by atoms with van der Waals surface area (Å²) in [6, 6.07) is 12.0. The lowest BCUT2D eigenvalue weighted by atomic mass is 10.0. The van der Waals surface area contributed by atoms with E-state index in [2.05, 4.69) is 0 Å². The Balaban J connectivity index is 1.89. The van der Waals surface area contributed by atoms with E-state index in [9.17, 15) is 23.2 Å². The minimum atomic E-state index is -3.95. The minimum Gasteiger partial charge on any atom is -0.497 e. The number of nitrogens with one attached hydrogen (secondary N) is 1. The van der Waals surface area contributed by atoms with Crippen LogP contribution in [0.1, 0.15) is 15.2 Å². The lowest BCUT2D eigenvalue weighted by molar-refractivity contribution is -0.379. The molecule has 10 heteroatoms. The number of benzene rings is 2. The van der Waals surface area contributed by atoms with Crippen LogP contribution in [0.3, 0.4) is 0 Å². The lowest BCUT2D eigenvalue weighted by Crippen LogP contribution is -2.55. The molecular weight excluding hydrogens is 416 g/mol. The second-order valence-electron chi connectivity index (χ2n) is 6.29. The molecule has 0 spiro atoms. The van der Waals surface area contributed by atoms with E-state index < -0.39 is 16.0 Å². The number of nitroso groups, excluding NO2 is 1. The predicted molar refractivity (Wildman–Crippen MR) is 107 cm³/mol. The molecule has 29 heavy (non-hydrogen) atoms. The lowest BCUT2D eigenvalue weighted by Gasteiger charge is -2.30. The fourth-order valence-electron chi connectivity index (χ4n) is 3.20. The number of sulfonamides is 1. The average molecular weight is 431 g/mol. The van der Waals surface area contributed by atoms with Gasteiger partial charge in [0.25, 0.3) is 15.7 Å². The van der Waals surface area contributed by atoms with Crippen molar-refractivity contribution in [2.24, 2.45) is 0 Å². The number of aromatic carboxylic acids is 1. The molecular formula is C19H15N2O6S2+. The second kappa shape index (κ2) is 6.98. The molecule has 0 unspecified atom stereocenters. The Kier molecular flexibility index (Phi) is 4.59. The van der Waals surface area contributed by atoms with Gasteiger partial charge in [-0.3, -0.25) is 4.31 Å². The Morgan fingerprint density at radius 2 is 1.90 bits per heavy atom. The molecule has 1 aliphatic rings. The van der Waals surface area contributed by atoms with Crippen molar-refractivity contribution in [3.8, 4) is 16.2 Å². The number of nitrogens with zero attached hydrogens (tertiary/aromatic N) is 1. The molecule has 2 aromatic carbocycles. The van der Waals surface area contributed by atoms with Gasteiger partial charge in [-0.1, -0.05) is 0 Å². The zero-order chi connectivity index (χ0) is 20.8. The largest absolute Gasteiger partial charge is 0.497 e. The third kappa shape index (κ3) is 3.15. The highest BCUT2D eigenvalue weighted by Crippen LogP contribution is 2.46. The number of anilines is 1. The smallest absolute Gasteiger partial charge is 0.345 e. The summed E-state index contributed by atoms with van der Waals surface area (Å²) in [5, 5.41) is 11.1. The minimum absolute atomic E-state index is 0.00231. The van der Waals surface area contributed by atoms with Gasteiger partial charge >= 0.3 is 5.97 Å². The standard InChI is InChI=1S/C19H14N2O6S2/c1-27-13-4-7-16-15(9-13)18-11(8-17(28-18)19(22)23)10-21(16)29(25,26)14-5-2-12(20-24)3-6-14/h2-9H,10H2,1H3,(H,22,23)/p+1. The third-order valence-electron chi connectivity index (χ3n) is 4.61. The van der Waals surface area contributed by atoms with E-state index >= 15 is 0 Å². The molecule has 2 N–H and O–H groups in total. The summed E-state index contributed by atoms with van der Waals surface area (Å²) in [4.78, 5) is 23.0. The van der Waals surface area contributed by atoms with Crippen molar-refractivity contribution in [2.75, 3.05) is 11.4 Å². The molecule has 0 bridgehead atoms. The van der Waals surface area contributed by atoms with Gasteiger partial charge in [-0.15, -0.1) is 11.3 Å². The summed E-state index contributed by atoms with van der Waals surface area (Å²) in [5.74, 6) is -0.533. The van der Waals surface area contributed by atoms with Crippen LogP contribution in [0.5, 0.6) is 5.75 Å². The van der Waals surface area contributed by atoms with Gasteiger partial charge in [0.15, 0.2) is 0 Å². The Morgan fingerprint density at radius 1 is 1.17 bits per heavy atom. The summed E-state index contributed by atoms with van der Waals surface area (Å²) in [6.45, 7) is 0.00231. The highest BCUT2D eigenvalue weighted by atomic mass is 32.2. The first-order valence-corrected chi connectivity index (χ1v) is 10.7. The van der Waals surface area contributed by atoms with Gasteiger partial charge < -0.3 is 9.84 Å². The van der Waals surface area contributed by atoms with Crippen molar-refractivity contribution >= 4 is 38.7 Å². The number of hydrogen-bond acceptors (Lipinski definition) is 6. The quantitative estimate of drug-likeness (QED) is 0.641. The fourth-order valence-corrected chi connectivity index (χ4v) is 5.70. The average Bonchev–Trinajstić information content (AvgIpc) is 3.17. The molecule has 0 fully saturated rings. The Hall–Kier alpha value is -3.24. The molecule has 1 aliphatic heterocycles. The molecule has 2 heterocycles. The number of methoxy groups -OCH3 is 1. The van der Waals surface area contributed by atoms with Gasteiger partial charge in [0.1, 0.15) is 10.6 Å². The Labute approximate surface area is 170 Å². The summed E-state index contributed by atoms with van der Waals surface area (Å²) >= 11 is 1.10. The maximum Gasteiger partial charge on any atom is 0.345 e. The van der Waals surface area contributed by atoms with E-state index in [0.29, 0.717) is 27.4 Å². The summed E-state index contributed by atoms with van der Waals surface area (Å²) in [7, 11) is -2.45. The van der Waals surface area contributed by atoms with Crippen LogP contribution in [0.2, 0.25) is 0 Å². The van der Waals surface area contributed by atoms with Gasteiger partial charge in [0.2, 0.25) is 0 Å². The van der Waals surface area contributed by atoms with Crippen molar-refractivity contribution < 1.29 is 28.2 Å². The van der Waals surface area contributed by atoms with Crippen molar-refractivity contribution in [1.82, 2.24) is 0 Å². The number of carboxylic acid groups (broad SMARTS) is 1. The Morgan fingerprint density at radius 3 is 2.52 bits per heavy atom. The van der Waals surface area contributed by atoms with Crippen LogP contribution >= 0.6 is 11.3 Å². The SMILES string of the molecule is COc1ccc2c(c1)-c1sc(C(=O)O)cc1CN2S(=O)(=O)c1ccc([NH+]=O)cc1. The molecule has 0 saturated heterocycles. The van der Waals surface area contributed by atoms with E-state index in [1.165, 1.54) is 41.7 Å². The highest BCUT2D eigenvalue weighted by Gasteiger charge is 2.34. The van der Waals surface area contributed by atoms with Crippen LogP contribution in [-0.2, 0) is 16.6 Å². The fraction of sp³-hybridized carbons (Fsp3) is 0.105. The number of ether oxygens (including phenoxy) is 1. The van der Waals surface area contributed by atoms with Gasteiger partial charge in [0.05, 0.1) is 24.2 Å². The van der Waals surface area contributed by atoms with Crippen LogP contribution in [0.4, 0.5) is 11.4 Å². The monoisotopic (exact) mass is 431 g/mol.